The Hall–Kier alpha value is -2.17. The number of rotatable bonds is 2. The van der Waals surface area contributed by atoms with Gasteiger partial charge in [-0.15, -0.1) is 0 Å². The molecule has 21 heavy (non-hydrogen) atoms. The van der Waals surface area contributed by atoms with Crippen LogP contribution in [0.2, 0.25) is 0 Å². The Balaban J connectivity index is 0.000000677. The van der Waals surface area contributed by atoms with E-state index < -0.39 is 6.09 Å². The molecule has 1 amide bonds. The number of hydrogen-bond donors (Lipinski definition) is 1. The lowest BCUT2D eigenvalue weighted by molar-refractivity contribution is 0.139. The van der Waals surface area contributed by atoms with Gasteiger partial charge in [0, 0.05) is 30.3 Å². The Morgan fingerprint density at radius 3 is 2.71 bits per heavy atom. The van der Waals surface area contributed by atoms with E-state index >= 15 is 0 Å². The average Bonchev–Trinajstić information content (AvgIpc) is 2.48. The molecule has 1 N–H and O–H groups in total. The van der Waals surface area contributed by atoms with Crippen LogP contribution < -0.4 is 0 Å². The molecule has 0 saturated heterocycles. The third-order valence-corrected chi connectivity index (χ3v) is 2.99. The van der Waals surface area contributed by atoms with Crippen LogP contribution in [-0.4, -0.2) is 32.6 Å². The minimum Gasteiger partial charge on any atom is -0.465 e. The molecule has 1 aliphatic rings. The summed E-state index contributed by atoms with van der Waals surface area (Å²) in [5, 5.41) is 8.95. The molecule has 0 unspecified atom stereocenters. The topological polar surface area (TPSA) is 66.3 Å². The first-order chi connectivity index (χ1) is 10.1. The number of aromatic nitrogens is 2. The van der Waals surface area contributed by atoms with Crippen LogP contribution in [0.25, 0.3) is 5.57 Å². The fourth-order valence-corrected chi connectivity index (χ4v) is 1.96. The molecule has 0 aliphatic carbocycles. The van der Waals surface area contributed by atoms with E-state index in [1.165, 1.54) is 11.3 Å². The van der Waals surface area contributed by atoms with Gasteiger partial charge >= 0.3 is 6.09 Å². The second-order valence-electron chi connectivity index (χ2n) is 4.77. The summed E-state index contributed by atoms with van der Waals surface area (Å²) in [6, 6.07) is 0. The van der Waals surface area contributed by atoms with Crippen molar-refractivity contribution in [2.45, 2.75) is 40.2 Å². The van der Waals surface area contributed by atoms with Crippen molar-refractivity contribution in [1.82, 2.24) is 14.9 Å². The van der Waals surface area contributed by atoms with Gasteiger partial charge in [-0.25, -0.2) is 14.8 Å². The molecular weight excluding hydrogens is 266 g/mol. The van der Waals surface area contributed by atoms with Gasteiger partial charge in [0.25, 0.3) is 0 Å². The van der Waals surface area contributed by atoms with Crippen LogP contribution in [-0.2, 0) is 13.0 Å². The van der Waals surface area contributed by atoms with Gasteiger partial charge in [-0.2, -0.15) is 0 Å². The molecule has 0 bridgehead atoms. The van der Waals surface area contributed by atoms with Crippen molar-refractivity contribution in [2.24, 2.45) is 0 Å². The molecule has 5 nitrogen and oxygen atoms in total. The molecule has 0 spiro atoms. The summed E-state index contributed by atoms with van der Waals surface area (Å²) in [5.41, 5.74) is 2.70. The number of allylic oxidation sites excluding steroid dienone is 3. The van der Waals surface area contributed by atoms with Crippen molar-refractivity contribution in [3.63, 3.8) is 0 Å². The predicted octanol–water partition coefficient (Wildman–Crippen LogP) is 3.52. The van der Waals surface area contributed by atoms with Gasteiger partial charge in [-0.05, 0) is 6.92 Å². The van der Waals surface area contributed by atoms with Gasteiger partial charge in [0.2, 0.25) is 0 Å². The van der Waals surface area contributed by atoms with Crippen LogP contribution in [0.4, 0.5) is 4.79 Å². The molecule has 0 saturated carbocycles. The van der Waals surface area contributed by atoms with Gasteiger partial charge < -0.3 is 10.0 Å². The zero-order valence-corrected chi connectivity index (χ0v) is 13.0. The highest BCUT2D eigenvalue weighted by molar-refractivity contribution is 5.68. The summed E-state index contributed by atoms with van der Waals surface area (Å²) >= 11 is 0. The summed E-state index contributed by atoms with van der Waals surface area (Å²) in [7, 11) is 0. The number of carbonyl (C=O) groups is 1. The fourth-order valence-electron chi connectivity index (χ4n) is 1.96. The first kappa shape index (κ1) is 16.9. The van der Waals surface area contributed by atoms with Gasteiger partial charge in [0.1, 0.15) is 0 Å². The summed E-state index contributed by atoms with van der Waals surface area (Å²) in [6.07, 6.45) is 6.31. The molecule has 1 aromatic heterocycles. The molecule has 0 atom stereocenters. The van der Waals surface area contributed by atoms with Crippen LogP contribution in [0.3, 0.4) is 0 Å². The summed E-state index contributed by atoms with van der Waals surface area (Å²) in [4.78, 5) is 21.0. The highest BCUT2D eigenvalue weighted by Crippen LogP contribution is 2.19. The maximum absolute atomic E-state index is 10.9. The number of hydrogen-bond acceptors (Lipinski definition) is 3. The second kappa shape index (κ2) is 8.19. The van der Waals surface area contributed by atoms with Crippen LogP contribution in [0.1, 0.15) is 44.3 Å². The highest BCUT2D eigenvalue weighted by atomic mass is 16.4. The molecule has 2 rings (SSSR count). The largest absolute Gasteiger partial charge is 0.465 e. The molecule has 0 aromatic carbocycles. The van der Waals surface area contributed by atoms with Gasteiger partial charge in [-0.3, -0.25) is 0 Å². The van der Waals surface area contributed by atoms with Gasteiger partial charge in [0.05, 0.1) is 12.2 Å². The van der Waals surface area contributed by atoms with Crippen molar-refractivity contribution in [3.05, 3.63) is 42.0 Å². The summed E-state index contributed by atoms with van der Waals surface area (Å²) in [6.45, 7) is 10.7. The van der Waals surface area contributed by atoms with Crippen LogP contribution in [0.5, 0.6) is 0 Å². The smallest absolute Gasteiger partial charge is 0.407 e. The van der Waals surface area contributed by atoms with Crippen molar-refractivity contribution in [3.8, 4) is 0 Å². The zero-order chi connectivity index (χ0) is 15.8. The van der Waals surface area contributed by atoms with Crippen LogP contribution in [0.15, 0.2) is 24.9 Å². The standard InChI is InChI=1S/C13H15N3O2.C3H8/c1-3-9(4-2)12-14-7-10-8-16(13(17)18)6-5-11(10)15-12;1-3-2/h3-4,7H,1,5-6,8H2,2H3,(H,17,18);3H2,1-2H3/b9-4+;. The van der Waals surface area contributed by atoms with Gasteiger partial charge in [0.15, 0.2) is 5.82 Å². The maximum atomic E-state index is 10.9. The van der Waals surface area contributed by atoms with E-state index in [1.807, 2.05) is 13.0 Å². The minimum absolute atomic E-state index is 0.365. The van der Waals surface area contributed by atoms with E-state index in [-0.39, 0.29) is 0 Å². The molecule has 1 aliphatic heterocycles. The number of nitrogens with zero attached hydrogens (tertiary/aromatic N) is 3. The number of amides is 1. The summed E-state index contributed by atoms with van der Waals surface area (Å²) in [5.74, 6) is 0.648. The van der Waals surface area contributed by atoms with Crippen molar-refractivity contribution < 1.29 is 9.90 Å². The molecule has 2 heterocycles. The van der Waals surface area contributed by atoms with Crippen LogP contribution >= 0.6 is 0 Å². The normalized spacial score (nSPS) is 13.9. The molecular formula is C16H23N3O2. The quantitative estimate of drug-likeness (QED) is 0.846. The third kappa shape index (κ3) is 4.41. The van der Waals surface area contributed by atoms with E-state index in [0.29, 0.717) is 25.3 Å². The molecule has 0 radical (unpaired) electrons. The second-order valence-corrected chi connectivity index (χ2v) is 4.77. The Kier molecular flexibility index (Phi) is 6.59. The van der Waals surface area contributed by atoms with E-state index in [0.717, 1.165) is 16.8 Å². The average molecular weight is 289 g/mol. The van der Waals surface area contributed by atoms with Crippen molar-refractivity contribution in [1.29, 1.82) is 0 Å². The number of fused-ring (bicyclic) bond motifs is 1. The molecule has 114 valence electrons. The van der Waals surface area contributed by atoms with E-state index in [1.54, 1.807) is 12.3 Å². The van der Waals surface area contributed by atoms with Crippen molar-refractivity contribution >= 4 is 11.7 Å². The lowest BCUT2D eigenvalue weighted by Crippen LogP contribution is -2.35. The SMILES string of the molecule is C=C/C(=C\C)c1ncc2c(n1)CCN(C(=O)O)C2.CCC. The molecule has 5 heteroatoms. The molecule has 0 fully saturated rings. The van der Waals surface area contributed by atoms with E-state index in [9.17, 15) is 4.79 Å². The zero-order valence-electron chi connectivity index (χ0n) is 13.0. The maximum Gasteiger partial charge on any atom is 0.407 e. The van der Waals surface area contributed by atoms with E-state index in [2.05, 4.69) is 30.4 Å². The Bertz CT molecular complexity index is 538. The monoisotopic (exact) mass is 289 g/mol. The predicted molar refractivity (Wildman–Crippen MR) is 84.0 cm³/mol. The summed E-state index contributed by atoms with van der Waals surface area (Å²) < 4.78 is 0. The lowest BCUT2D eigenvalue weighted by atomic mass is 10.1. The van der Waals surface area contributed by atoms with E-state index in [4.69, 9.17) is 5.11 Å². The Labute approximate surface area is 126 Å². The Morgan fingerprint density at radius 2 is 2.19 bits per heavy atom. The van der Waals surface area contributed by atoms with Crippen molar-refractivity contribution in [2.75, 3.05) is 6.54 Å². The lowest BCUT2D eigenvalue weighted by Gasteiger charge is -2.25. The first-order valence-electron chi connectivity index (χ1n) is 7.19. The fraction of sp³-hybridized carbons (Fsp3) is 0.438. The van der Waals surface area contributed by atoms with Crippen LogP contribution in [0, 0.1) is 0 Å². The minimum atomic E-state index is -0.898. The third-order valence-electron chi connectivity index (χ3n) is 2.99. The highest BCUT2D eigenvalue weighted by Gasteiger charge is 2.21. The Morgan fingerprint density at radius 1 is 1.52 bits per heavy atom. The number of carboxylic acid groups (broad SMARTS) is 1. The molecule has 1 aromatic rings. The first-order valence-corrected chi connectivity index (χ1v) is 7.19. The van der Waals surface area contributed by atoms with Gasteiger partial charge in [-0.1, -0.05) is 39.0 Å².